The van der Waals surface area contributed by atoms with Crippen molar-refractivity contribution in [3.05, 3.63) is 46.6 Å². The number of H-pyrrole nitrogens is 1. The molecular formula is C19H26F2N4O. The van der Waals surface area contributed by atoms with Crippen LogP contribution in [-0.2, 0) is 6.42 Å². The van der Waals surface area contributed by atoms with Gasteiger partial charge in [-0.25, -0.2) is 8.78 Å². The van der Waals surface area contributed by atoms with Crippen molar-refractivity contribution < 1.29 is 13.9 Å². The lowest BCUT2D eigenvalue weighted by molar-refractivity contribution is 0.0314. The van der Waals surface area contributed by atoms with Gasteiger partial charge in [-0.15, -0.1) is 0 Å². The summed E-state index contributed by atoms with van der Waals surface area (Å²) in [6.45, 7) is 4.53. The number of fused-ring (bicyclic) bond motifs is 1. The SMILES string of the molecule is CC.CN1CCc2[nH]c(N)c(/C=C(\N)c3ccccc3O)c2C1C(F)F. The van der Waals surface area contributed by atoms with Crippen molar-refractivity contribution in [3.63, 3.8) is 0 Å². The third kappa shape index (κ3) is 3.67. The second-order valence-corrected chi connectivity index (χ2v) is 5.97. The Balaban J connectivity index is 0.00000117. The number of para-hydroxylation sites is 1. The summed E-state index contributed by atoms with van der Waals surface area (Å²) < 4.78 is 27.2. The van der Waals surface area contributed by atoms with Crippen molar-refractivity contribution in [1.82, 2.24) is 9.88 Å². The van der Waals surface area contributed by atoms with Crippen LogP contribution in [0.1, 0.15) is 42.3 Å². The van der Waals surface area contributed by atoms with Crippen LogP contribution in [0.5, 0.6) is 5.75 Å². The van der Waals surface area contributed by atoms with Crippen LogP contribution in [0.4, 0.5) is 14.6 Å². The van der Waals surface area contributed by atoms with Crippen LogP contribution >= 0.6 is 0 Å². The average Bonchev–Trinajstić information content (AvgIpc) is 2.92. The first-order chi connectivity index (χ1) is 12.4. The second-order valence-electron chi connectivity index (χ2n) is 5.97. The summed E-state index contributed by atoms with van der Waals surface area (Å²) in [6.07, 6.45) is -0.375. The predicted octanol–water partition coefficient (Wildman–Crippen LogP) is 3.58. The van der Waals surface area contributed by atoms with Gasteiger partial charge in [0.15, 0.2) is 0 Å². The molecule has 1 atom stereocenters. The zero-order chi connectivity index (χ0) is 19.4. The fourth-order valence-electron chi connectivity index (χ4n) is 3.21. The van der Waals surface area contributed by atoms with E-state index in [-0.39, 0.29) is 11.4 Å². The molecule has 5 nitrogen and oxygen atoms in total. The molecule has 2 aromatic rings. The summed E-state index contributed by atoms with van der Waals surface area (Å²) in [5, 5.41) is 9.91. The molecule has 3 rings (SSSR count). The van der Waals surface area contributed by atoms with Crippen LogP contribution in [0.2, 0.25) is 0 Å². The number of phenols is 1. The van der Waals surface area contributed by atoms with Gasteiger partial charge in [0.25, 0.3) is 6.43 Å². The average molecular weight is 364 g/mol. The van der Waals surface area contributed by atoms with Crippen molar-refractivity contribution in [2.75, 3.05) is 19.3 Å². The number of nitrogens with zero attached hydrogens (tertiary/aromatic N) is 1. The summed E-state index contributed by atoms with van der Waals surface area (Å²) >= 11 is 0. The molecule has 0 fully saturated rings. The van der Waals surface area contributed by atoms with Crippen LogP contribution in [0.25, 0.3) is 11.8 Å². The lowest BCUT2D eigenvalue weighted by Gasteiger charge is -2.32. The Morgan fingerprint density at radius 3 is 2.62 bits per heavy atom. The molecule has 0 amide bonds. The normalized spacial score (nSPS) is 17.6. The summed E-state index contributed by atoms with van der Waals surface area (Å²) in [4.78, 5) is 4.62. The van der Waals surface area contributed by atoms with Gasteiger partial charge < -0.3 is 21.6 Å². The molecule has 26 heavy (non-hydrogen) atoms. The molecule has 6 N–H and O–H groups in total. The van der Waals surface area contributed by atoms with E-state index in [0.717, 1.165) is 0 Å². The van der Waals surface area contributed by atoms with E-state index in [2.05, 4.69) is 4.98 Å². The Morgan fingerprint density at radius 1 is 1.35 bits per heavy atom. The lowest BCUT2D eigenvalue weighted by atomic mass is 9.94. The Kier molecular flexibility index (Phi) is 6.26. The monoisotopic (exact) mass is 364 g/mol. The first-order valence-corrected chi connectivity index (χ1v) is 8.64. The summed E-state index contributed by atoms with van der Waals surface area (Å²) in [5.41, 5.74) is 14.4. The number of rotatable bonds is 3. The smallest absolute Gasteiger partial charge is 0.258 e. The van der Waals surface area contributed by atoms with Gasteiger partial charge in [0, 0.05) is 41.0 Å². The maximum atomic E-state index is 13.6. The lowest BCUT2D eigenvalue weighted by Crippen LogP contribution is -2.36. The molecule has 0 aliphatic carbocycles. The van der Waals surface area contributed by atoms with Gasteiger partial charge in [-0.3, -0.25) is 4.90 Å². The minimum Gasteiger partial charge on any atom is -0.507 e. The number of alkyl halides is 2. The van der Waals surface area contributed by atoms with E-state index in [1.807, 2.05) is 13.8 Å². The molecule has 1 unspecified atom stereocenters. The zero-order valence-corrected chi connectivity index (χ0v) is 15.3. The standard InChI is InChI=1S/C17H20F2N4O.C2H6/c1-23-7-6-12-14(15(23)16(18)19)10(17(21)22-12)8-11(20)9-4-2-3-5-13(9)24;1-2/h2-5,8,15-16,22,24H,6-7,20-21H2,1H3;1-2H3/b11-8-;. The first kappa shape index (κ1) is 19.8. The van der Waals surface area contributed by atoms with Crippen molar-refractivity contribution in [2.24, 2.45) is 5.73 Å². The Hall–Kier alpha value is -2.54. The Labute approximate surface area is 152 Å². The van der Waals surface area contributed by atoms with E-state index < -0.39 is 12.5 Å². The summed E-state index contributed by atoms with van der Waals surface area (Å²) in [5.74, 6) is 0.330. The topological polar surface area (TPSA) is 91.3 Å². The number of benzene rings is 1. The number of nitrogens with two attached hydrogens (primary N) is 2. The maximum absolute atomic E-state index is 13.6. The molecule has 0 bridgehead atoms. The van der Waals surface area contributed by atoms with Crippen molar-refractivity contribution in [1.29, 1.82) is 0 Å². The van der Waals surface area contributed by atoms with E-state index in [1.54, 1.807) is 36.2 Å². The highest BCUT2D eigenvalue weighted by Gasteiger charge is 2.36. The molecule has 1 aliphatic heterocycles. The van der Waals surface area contributed by atoms with E-state index in [1.165, 1.54) is 6.07 Å². The van der Waals surface area contributed by atoms with Crippen molar-refractivity contribution >= 4 is 17.6 Å². The van der Waals surface area contributed by atoms with E-state index >= 15 is 0 Å². The predicted molar refractivity (Wildman–Crippen MR) is 102 cm³/mol. The number of aromatic nitrogens is 1. The van der Waals surface area contributed by atoms with Crippen LogP contribution in [0.15, 0.2) is 24.3 Å². The van der Waals surface area contributed by atoms with Crippen LogP contribution in [0, 0.1) is 0 Å². The minimum absolute atomic E-state index is 0.0248. The molecule has 7 heteroatoms. The van der Waals surface area contributed by atoms with Gasteiger partial charge in [0.2, 0.25) is 0 Å². The number of aromatic amines is 1. The molecular weight excluding hydrogens is 338 g/mol. The molecule has 0 saturated heterocycles. The number of halogens is 2. The molecule has 0 spiro atoms. The first-order valence-electron chi connectivity index (χ1n) is 8.64. The number of nitrogens with one attached hydrogen (secondary N) is 1. The fourth-order valence-corrected chi connectivity index (χ4v) is 3.21. The highest BCUT2D eigenvalue weighted by atomic mass is 19.3. The number of hydrogen-bond acceptors (Lipinski definition) is 4. The third-order valence-corrected chi connectivity index (χ3v) is 4.43. The van der Waals surface area contributed by atoms with Crippen molar-refractivity contribution in [3.8, 4) is 5.75 Å². The maximum Gasteiger partial charge on any atom is 0.258 e. The van der Waals surface area contributed by atoms with Gasteiger partial charge in [0.1, 0.15) is 11.6 Å². The summed E-state index contributed by atoms with van der Waals surface area (Å²) in [7, 11) is 1.67. The largest absolute Gasteiger partial charge is 0.507 e. The van der Waals surface area contributed by atoms with Gasteiger partial charge in [-0.1, -0.05) is 26.0 Å². The molecule has 0 radical (unpaired) electrons. The van der Waals surface area contributed by atoms with Crippen molar-refractivity contribution in [2.45, 2.75) is 32.7 Å². The Bertz CT molecular complexity index is 786. The number of nitrogen functional groups attached to an aromatic ring is 1. The van der Waals surface area contributed by atoms with Crippen LogP contribution < -0.4 is 11.5 Å². The van der Waals surface area contributed by atoms with Crippen LogP contribution in [-0.4, -0.2) is 35.0 Å². The fraction of sp³-hybridized carbons (Fsp3) is 0.368. The molecule has 142 valence electrons. The van der Waals surface area contributed by atoms with Gasteiger partial charge >= 0.3 is 0 Å². The molecule has 2 heterocycles. The van der Waals surface area contributed by atoms with Gasteiger partial charge in [-0.2, -0.15) is 0 Å². The zero-order valence-electron chi connectivity index (χ0n) is 15.3. The number of anilines is 1. The Morgan fingerprint density at radius 2 is 2.00 bits per heavy atom. The van der Waals surface area contributed by atoms with Crippen LogP contribution in [0.3, 0.4) is 0 Å². The van der Waals surface area contributed by atoms with E-state index in [9.17, 15) is 13.9 Å². The highest BCUT2D eigenvalue weighted by Crippen LogP contribution is 2.39. The molecule has 1 aromatic heterocycles. The van der Waals surface area contributed by atoms with Gasteiger partial charge in [-0.05, 0) is 25.3 Å². The molecule has 1 aromatic carbocycles. The number of aromatic hydroxyl groups is 1. The summed E-state index contributed by atoms with van der Waals surface area (Å²) in [6, 6.07) is 5.56. The molecule has 1 aliphatic rings. The van der Waals surface area contributed by atoms with Gasteiger partial charge in [0.05, 0.1) is 6.04 Å². The third-order valence-electron chi connectivity index (χ3n) is 4.43. The number of phenolic OH excluding ortho intramolecular Hbond substituents is 1. The highest BCUT2D eigenvalue weighted by molar-refractivity contribution is 5.86. The number of likely N-dealkylation sites (N-methyl/N-ethyl adjacent to an activating group) is 1. The second kappa shape index (κ2) is 8.23. The quantitative estimate of drug-likeness (QED) is 0.670. The number of hydrogen-bond donors (Lipinski definition) is 4. The minimum atomic E-state index is -2.54. The molecule has 0 saturated carbocycles. The van der Waals surface area contributed by atoms with E-state index in [4.69, 9.17) is 11.5 Å². The van der Waals surface area contributed by atoms with E-state index in [0.29, 0.717) is 41.2 Å².